The van der Waals surface area contributed by atoms with Gasteiger partial charge < -0.3 is 15.2 Å². The Labute approximate surface area is 137 Å². The molecule has 0 saturated carbocycles. The number of ketones is 1. The Morgan fingerprint density at radius 3 is 2.39 bits per heavy atom. The molecule has 0 radical (unpaired) electrons. The summed E-state index contributed by atoms with van der Waals surface area (Å²) in [5.41, 5.74) is 1.54. The molecular formula is C19H23NO3. The molecule has 2 aromatic carbocycles. The number of methoxy groups -OCH3 is 1. The van der Waals surface area contributed by atoms with Gasteiger partial charge in [0.25, 0.3) is 0 Å². The summed E-state index contributed by atoms with van der Waals surface area (Å²) >= 11 is 0. The van der Waals surface area contributed by atoms with Gasteiger partial charge >= 0.3 is 0 Å². The Morgan fingerprint density at radius 1 is 1.13 bits per heavy atom. The molecule has 0 fully saturated rings. The molecule has 2 N–H and O–H groups in total. The summed E-state index contributed by atoms with van der Waals surface area (Å²) in [6.45, 7) is 2.44. The lowest BCUT2D eigenvalue weighted by atomic mass is 10.0. The van der Waals surface area contributed by atoms with Crippen molar-refractivity contribution in [1.29, 1.82) is 0 Å². The van der Waals surface area contributed by atoms with Gasteiger partial charge in [0, 0.05) is 24.6 Å². The molecule has 122 valence electrons. The van der Waals surface area contributed by atoms with Gasteiger partial charge in [0.15, 0.2) is 5.78 Å². The van der Waals surface area contributed by atoms with Gasteiger partial charge in [-0.3, -0.25) is 4.79 Å². The average Bonchev–Trinajstić information content (AvgIpc) is 2.61. The third kappa shape index (κ3) is 4.91. The molecule has 0 bridgehead atoms. The first kappa shape index (κ1) is 17.2. The van der Waals surface area contributed by atoms with Gasteiger partial charge in [-0.15, -0.1) is 0 Å². The zero-order valence-electron chi connectivity index (χ0n) is 13.5. The second kappa shape index (κ2) is 8.46. The molecule has 0 aliphatic heterocycles. The second-order valence-corrected chi connectivity index (χ2v) is 5.50. The van der Waals surface area contributed by atoms with E-state index in [0.29, 0.717) is 18.5 Å². The highest BCUT2D eigenvalue weighted by molar-refractivity contribution is 5.96. The highest BCUT2D eigenvalue weighted by atomic mass is 16.5. The first-order valence-electron chi connectivity index (χ1n) is 7.75. The maximum Gasteiger partial charge on any atom is 0.164 e. The van der Waals surface area contributed by atoms with Crippen LogP contribution in [0.2, 0.25) is 0 Å². The lowest BCUT2D eigenvalue weighted by molar-refractivity contribution is 0.0972. The molecule has 23 heavy (non-hydrogen) atoms. The van der Waals surface area contributed by atoms with Crippen LogP contribution in [-0.2, 0) is 0 Å². The van der Waals surface area contributed by atoms with Crippen LogP contribution in [0.1, 0.15) is 35.4 Å². The smallest absolute Gasteiger partial charge is 0.164 e. The lowest BCUT2D eigenvalue weighted by Crippen LogP contribution is -2.33. The van der Waals surface area contributed by atoms with Crippen molar-refractivity contribution in [3.8, 4) is 5.75 Å². The van der Waals surface area contributed by atoms with Gasteiger partial charge in [0.05, 0.1) is 13.2 Å². The minimum absolute atomic E-state index is 0.0709. The third-order valence-corrected chi connectivity index (χ3v) is 3.85. The van der Waals surface area contributed by atoms with E-state index in [0.717, 1.165) is 11.3 Å². The van der Waals surface area contributed by atoms with Gasteiger partial charge in [0.2, 0.25) is 0 Å². The van der Waals surface area contributed by atoms with Crippen LogP contribution < -0.4 is 10.1 Å². The van der Waals surface area contributed by atoms with Gasteiger partial charge in [-0.25, -0.2) is 0 Å². The Bertz CT molecular complexity index is 610. The normalized spacial score (nSPS) is 13.3. The molecule has 0 heterocycles. The summed E-state index contributed by atoms with van der Waals surface area (Å²) in [4.78, 5) is 12.1. The number of carbonyl (C=O) groups excluding carboxylic acids is 1. The fourth-order valence-corrected chi connectivity index (χ4v) is 2.39. The summed E-state index contributed by atoms with van der Waals surface area (Å²) in [6, 6.07) is 16.5. The number of hydrogen-bond donors (Lipinski definition) is 2. The molecule has 2 atom stereocenters. The van der Waals surface area contributed by atoms with Crippen LogP contribution in [0.25, 0.3) is 0 Å². The molecule has 2 rings (SSSR count). The number of aliphatic hydroxyl groups excluding tert-OH is 1. The van der Waals surface area contributed by atoms with E-state index >= 15 is 0 Å². The number of nitrogens with one attached hydrogen (secondary N) is 1. The van der Waals surface area contributed by atoms with Crippen LogP contribution in [0.5, 0.6) is 5.75 Å². The van der Waals surface area contributed by atoms with E-state index in [9.17, 15) is 9.90 Å². The van der Waals surface area contributed by atoms with Crippen LogP contribution in [0.3, 0.4) is 0 Å². The summed E-state index contributed by atoms with van der Waals surface area (Å²) in [6.07, 6.45) is -0.203. The molecule has 4 nitrogen and oxygen atoms in total. The van der Waals surface area contributed by atoms with Crippen molar-refractivity contribution in [2.24, 2.45) is 0 Å². The highest BCUT2D eigenvalue weighted by Crippen LogP contribution is 2.16. The zero-order valence-corrected chi connectivity index (χ0v) is 13.5. The Hall–Kier alpha value is -2.17. The van der Waals surface area contributed by atoms with Crippen molar-refractivity contribution in [3.63, 3.8) is 0 Å². The van der Waals surface area contributed by atoms with Gasteiger partial charge in [-0.05, 0) is 36.8 Å². The largest absolute Gasteiger partial charge is 0.497 e. The number of hydrogen-bond acceptors (Lipinski definition) is 4. The maximum absolute atomic E-state index is 12.1. The Balaban J connectivity index is 1.80. The maximum atomic E-state index is 12.1. The van der Waals surface area contributed by atoms with E-state index < -0.39 is 6.10 Å². The summed E-state index contributed by atoms with van der Waals surface area (Å²) < 4.78 is 5.08. The zero-order chi connectivity index (χ0) is 16.7. The number of aliphatic hydroxyl groups is 1. The van der Waals surface area contributed by atoms with Crippen molar-refractivity contribution in [2.75, 3.05) is 13.7 Å². The van der Waals surface area contributed by atoms with Crippen LogP contribution in [0.4, 0.5) is 0 Å². The van der Waals surface area contributed by atoms with Crippen LogP contribution in [0, 0.1) is 0 Å². The summed E-state index contributed by atoms with van der Waals surface area (Å²) in [5, 5.41) is 13.5. The lowest BCUT2D eigenvalue weighted by Gasteiger charge is -2.20. The quantitative estimate of drug-likeness (QED) is 0.736. The molecule has 0 aromatic heterocycles. The molecule has 0 unspecified atom stereocenters. The van der Waals surface area contributed by atoms with E-state index in [1.165, 1.54) is 0 Å². The average molecular weight is 313 g/mol. The van der Waals surface area contributed by atoms with Gasteiger partial charge in [0.1, 0.15) is 5.75 Å². The minimum Gasteiger partial charge on any atom is -0.497 e. The van der Waals surface area contributed by atoms with Crippen molar-refractivity contribution in [2.45, 2.75) is 25.5 Å². The predicted octanol–water partition coefficient (Wildman–Crippen LogP) is 2.98. The number of ether oxygens (including phenoxy) is 1. The number of Topliss-reactive ketones (excluding diaryl/α,β-unsaturated/α-hetero) is 1. The standard InChI is InChI=1S/C19H23NO3/c1-14(19(22)16-6-4-3-5-7-16)20-13-12-18(21)15-8-10-17(23-2)11-9-15/h3-11,14,19-20,22H,12-13H2,1-2H3/t14-,19-/m0/s1. The monoisotopic (exact) mass is 313 g/mol. The van der Waals surface area contributed by atoms with Crippen LogP contribution in [-0.4, -0.2) is 30.6 Å². The van der Waals surface area contributed by atoms with E-state index in [4.69, 9.17) is 4.74 Å². The van der Waals surface area contributed by atoms with Crippen molar-refractivity contribution in [1.82, 2.24) is 5.32 Å². The van der Waals surface area contributed by atoms with Crippen molar-refractivity contribution >= 4 is 5.78 Å². The molecule has 4 heteroatoms. The summed E-state index contributed by atoms with van der Waals surface area (Å²) in [5.74, 6) is 0.806. The third-order valence-electron chi connectivity index (χ3n) is 3.85. The van der Waals surface area contributed by atoms with E-state index in [1.54, 1.807) is 31.4 Å². The van der Waals surface area contributed by atoms with E-state index in [1.807, 2.05) is 37.3 Å². The first-order valence-corrected chi connectivity index (χ1v) is 7.75. The number of rotatable bonds is 8. The van der Waals surface area contributed by atoms with Crippen LogP contribution >= 0.6 is 0 Å². The minimum atomic E-state index is -0.590. The second-order valence-electron chi connectivity index (χ2n) is 5.50. The van der Waals surface area contributed by atoms with E-state index in [-0.39, 0.29) is 11.8 Å². The topological polar surface area (TPSA) is 58.6 Å². The molecule has 2 aromatic rings. The van der Waals surface area contributed by atoms with Gasteiger partial charge in [-0.2, -0.15) is 0 Å². The van der Waals surface area contributed by atoms with Crippen LogP contribution in [0.15, 0.2) is 54.6 Å². The van der Waals surface area contributed by atoms with E-state index in [2.05, 4.69) is 5.32 Å². The predicted molar refractivity (Wildman–Crippen MR) is 90.8 cm³/mol. The fourth-order valence-electron chi connectivity index (χ4n) is 2.39. The SMILES string of the molecule is COc1ccc(C(=O)CCN[C@@H](C)[C@H](O)c2ccccc2)cc1. The summed E-state index contributed by atoms with van der Waals surface area (Å²) in [7, 11) is 1.60. The van der Waals surface area contributed by atoms with Gasteiger partial charge in [-0.1, -0.05) is 30.3 Å². The first-order chi connectivity index (χ1) is 11.1. The highest BCUT2D eigenvalue weighted by Gasteiger charge is 2.16. The molecule has 0 saturated heterocycles. The Kier molecular flexibility index (Phi) is 6.32. The molecule has 0 spiro atoms. The molecule has 0 aliphatic carbocycles. The Morgan fingerprint density at radius 2 is 1.78 bits per heavy atom. The van der Waals surface area contributed by atoms with Crippen molar-refractivity contribution in [3.05, 3.63) is 65.7 Å². The number of carbonyl (C=O) groups is 1. The molecule has 0 aliphatic rings. The molecule has 0 amide bonds. The molecular weight excluding hydrogens is 290 g/mol. The number of benzene rings is 2. The van der Waals surface area contributed by atoms with Crippen molar-refractivity contribution < 1.29 is 14.6 Å². The fraction of sp³-hybridized carbons (Fsp3) is 0.316.